The Hall–Kier alpha value is -1.47. The van der Waals surface area contributed by atoms with E-state index in [4.69, 9.17) is 5.84 Å². The second kappa shape index (κ2) is 6.46. The van der Waals surface area contributed by atoms with Crippen molar-refractivity contribution in [2.45, 2.75) is 38.8 Å². The first-order valence-corrected chi connectivity index (χ1v) is 6.38. The molecular formula is C11H20N6O. The van der Waals surface area contributed by atoms with Gasteiger partial charge in [0, 0.05) is 19.5 Å². The lowest BCUT2D eigenvalue weighted by Gasteiger charge is -2.26. The quantitative estimate of drug-likeness (QED) is 0.312. The maximum Gasteiger partial charge on any atom is 0.233 e. The maximum absolute atomic E-state index is 10.9. The van der Waals surface area contributed by atoms with Crippen LogP contribution >= 0.6 is 0 Å². The molecule has 2 rings (SSSR count). The van der Waals surface area contributed by atoms with Crippen molar-refractivity contribution >= 4 is 5.91 Å². The number of aromatic nitrogens is 3. The van der Waals surface area contributed by atoms with Crippen LogP contribution in [0.2, 0.25) is 0 Å². The Morgan fingerprint density at radius 3 is 3.11 bits per heavy atom. The van der Waals surface area contributed by atoms with Gasteiger partial charge in [0.15, 0.2) is 0 Å². The minimum absolute atomic E-state index is 0.0823. The second-order valence-electron chi connectivity index (χ2n) is 4.59. The number of nitrogens with zero attached hydrogens (tertiary/aromatic N) is 4. The summed E-state index contributed by atoms with van der Waals surface area (Å²) in [5.74, 6) is 5.98. The van der Waals surface area contributed by atoms with Crippen molar-refractivity contribution < 1.29 is 4.79 Å². The Morgan fingerprint density at radius 1 is 1.39 bits per heavy atom. The molecule has 0 saturated carbocycles. The average molecular weight is 252 g/mol. The molecule has 0 bridgehead atoms. The molecule has 2 heterocycles. The molecule has 1 aromatic rings. The fourth-order valence-corrected chi connectivity index (χ4v) is 2.18. The number of hydrogen-bond donors (Lipinski definition) is 2. The number of carbonyl (C=O) groups is 1. The number of nitrogens with two attached hydrogens (primary N) is 1. The molecule has 0 radical (unpaired) electrons. The van der Waals surface area contributed by atoms with Crippen LogP contribution in [0.1, 0.15) is 31.5 Å². The Kier molecular flexibility index (Phi) is 4.66. The Labute approximate surface area is 106 Å². The highest BCUT2D eigenvalue weighted by Crippen LogP contribution is 2.10. The van der Waals surface area contributed by atoms with Gasteiger partial charge < -0.3 is 4.57 Å². The summed E-state index contributed by atoms with van der Waals surface area (Å²) in [5, 5.41) is 8.00. The van der Waals surface area contributed by atoms with Gasteiger partial charge in [-0.15, -0.1) is 10.2 Å². The lowest BCUT2D eigenvalue weighted by Crippen LogP contribution is -2.34. The molecule has 0 fully saturated rings. The summed E-state index contributed by atoms with van der Waals surface area (Å²) in [4.78, 5) is 13.3. The fraction of sp³-hybridized carbons (Fsp3) is 0.727. The van der Waals surface area contributed by atoms with E-state index in [1.807, 2.05) is 0 Å². The van der Waals surface area contributed by atoms with E-state index in [-0.39, 0.29) is 5.91 Å². The van der Waals surface area contributed by atoms with Gasteiger partial charge in [0.05, 0.1) is 6.54 Å². The standard InChI is InChI=1S/C11H20N6O/c12-14-11(18)4-2-1-3-5-16-6-7-17-9-13-15-10(17)8-16/h9H,1-8,12H2,(H,14,18). The summed E-state index contributed by atoms with van der Waals surface area (Å²) < 4.78 is 2.10. The zero-order chi connectivity index (χ0) is 12.8. The number of hydrazine groups is 1. The van der Waals surface area contributed by atoms with Crippen LogP contribution in [-0.4, -0.2) is 38.7 Å². The van der Waals surface area contributed by atoms with Gasteiger partial charge in [-0.25, -0.2) is 5.84 Å². The largest absolute Gasteiger partial charge is 0.315 e. The molecule has 0 atom stereocenters. The van der Waals surface area contributed by atoms with Crippen LogP contribution in [0.15, 0.2) is 6.33 Å². The van der Waals surface area contributed by atoms with Crippen molar-refractivity contribution in [2.24, 2.45) is 5.84 Å². The third-order valence-corrected chi connectivity index (χ3v) is 3.26. The predicted molar refractivity (Wildman–Crippen MR) is 66.1 cm³/mol. The van der Waals surface area contributed by atoms with Crippen molar-refractivity contribution in [3.8, 4) is 0 Å². The van der Waals surface area contributed by atoms with Crippen LogP contribution in [0, 0.1) is 0 Å². The molecule has 0 saturated heterocycles. The van der Waals surface area contributed by atoms with Crippen molar-refractivity contribution in [1.82, 2.24) is 25.1 Å². The first-order chi connectivity index (χ1) is 8.79. The monoisotopic (exact) mass is 252 g/mol. The number of rotatable bonds is 6. The Balaban J connectivity index is 1.60. The van der Waals surface area contributed by atoms with E-state index in [1.165, 1.54) is 0 Å². The number of carbonyl (C=O) groups excluding carboxylic acids is 1. The zero-order valence-electron chi connectivity index (χ0n) is 10.5. The smallest absolute Gasteiger partial charge is 0.233 e. The Morgan fingerprint density at radius 2 is 2.28 bits per heavy atom. The van der Waals surface area contributed by atoms with Crippen LogP contribution in [0.3, 0.4) is 0 Å². The lowest BCUT2D eigenvalue weighted by molar-refractivity contribution is -0.121. The van der Waals surface area contributed by atoms with Gasteiger partial charge in [0.25, 0.3) is 0 Å². The molecule has 1 aromatic heterocycles. The van der Waals surface area contributed by atoms with Crippen LogP contribution in [0.25, 0.3) is 0 Å². The van der Waals surface area contributed by atoms with Gasteiger partial charge in [-0.1, -0.05) is 6.42 Å². The molecule has 100 valence electrons. The van der Waals surface area contributed by atoms with Crippen LogP contribution in [0.4, 0.5) is 0 Å². The summed E-state index contributed by atoms with van der Waals surface area (Å²) in [7, 11) is 0. The molecule has 0 aliphatic carbocycles. The number of unbranched alkanes of at least 4 members (excludes halogenated alkanes) is 2. The minimum atomic E-state index is -0.0823. The molecule has 7 nitrogen and oxygen atoms in total. The van der Waals surface area contributed by atoms with Crippen molar-refractivity contribution in [3.63, 3.8) is 0 Å². The van der Waals surface area contributed by atoms with Crippen LogP contribution in [-0.2, 0) is 17.9 Å². The number of fused-ring (bicyclic) bond motifs is 1. The lowest BCUT2D eigenvalue weighted by atomic mass is 10.2. The number of nitrogens with one attached hydrogen (secondary N) is 1. The molecule has 1 aliphatic rings. The first-order valence-electron chi connectivity index (χ1n) is 6.38. The van der Waals surface area contributed by atoms with E-state index in [0.717, 1.165) is 51.3 Å². The van der Waals surface area contributed by atoms with Gasteiger partial charge >= 0.3 is 0 Å². The highest BCUT2D eigenvalue weighted by Gasteiger charge is 2.16. The van der Waals surface area contributed by atoms with E-state index in [2.05, 4.69) is 25.1 Å². The van der Waals surface area contributed by atoms with Gasteiger partial charge in [0.2, 0.25) is 5.91 Å². The first kappa shape index (κ1) is 13.0. The van der Waals surface area contributed by atoms with E-state index in [0.29, 0.717) is 6.42 Å². The molecule has 0 aromatic carbocycles. The Bertz CT molecular complexity index is 391. The number of amides is 1. The SMILES string of the molecule is NNC(=O)CCCCCN1CCn2cnnc2C1. The van der Waals surface area contributed by atoms with Crippen molar-refractivity contribution in [3.05, 3.63) is 12.2 Å². The van der Waals surface area contributed by atoms with E-state index in [9.17, 15) is 4.79 Å². The van der Waals surface area contributed by atoms with E-state index < -0.39 is 0 Å². The maximum atomic E-state index is 10.9. The van der Waals surface area contributed by atoms with Gasteiger partial charge in [-0.2, -0.15) is 0 Å². The van der Waals surface area contributed by atoms with Crippen molar-refractivity contribution in [1.29, 1.82) is 0 Å². The summed E-state index contributed by atoms with van der Waals surface area (Å²) in [6, 6.07) is 0. The predicted octanol–water partition coefficient (Wildman–Crippen LogP) is -0.356. The van der Waals surface area contributed by atoms with Crippen LogP contribution < -0.4 is 11.3 Å². The molecule has 1 amide bonds. The molecular weight excluding hydrogens is 232 g/mol. The molecule has 0 unspecified atom stereocenters. The summed E-state index contributed by atoms with van der Waals surface area (Å²) >= 11 is 0. The van der Waals surface area contributed by atoms with Gasteiger partial charge in [-0.05, 0) is 19.4 Å². The average Bonchev–Trinajstić information content (AvgIpc) is 2.85. The van der Waals surface area contributed by atoms with E-state index in [1.54, 1.807) is 6.33 Å². The third-order valence-electron chi connectivity index (χ3n) is 3.26. The van der Waals surface area contributed by atoms with Gasteiger partial charge in [-0.3, -0.25) is 15.1 Å². The topological polar surface area (TPSA) is 89.1 Å². The number of hydrogen-bond acceptors (Lipinski definition) is 5. The molecule has 7 heteroatoms. The highest BCUT2D eigenvalue weighted by molar-refractivity contribution is 5.74. The van der Waals surface area contributed by atoms with E-state index >= 15 is 0 Å². The summed E-state index contributed by atoms with van der Waals surface area (Å²) in [5.41, 5.74) is 2.15. The summed E-state index contributed by atoms with van der Waals surface area (Å²) in [6.07, 6.45) is 5.36. The fourth-order valence-electron chi connectivity index (χ4n) is 2.18. The molecule has 18 heavy (non-hydrogen) atoms. The minimum Gasteiger partial charge on any atom is -0.315 e. The van der Waals surface area contributed by atoms with Crippen molar-refractivity contribution in [2.75, 3.05) is 13.1 Å². The summed E-state index contributed by atoms with van der Waals surface area (Å²) in [6.45, 7) is 3.95. The molecule has 1 aliphatic heterocycles. The molecule has 3 N–H and O–H groups in total. The van der Waals surface area contributed by atoms with Crippen LogP contribution in [0.5, 0.6) is 0 Å². The zero-order valence-corrected chi connectivity index (χ0v) is 10.5. The third kappa shape index (κ3) is 3.51. The van der Waals surface area contributed by atoms with Gasteiger partial charge in [0.1, 0.15) is 12.2 Å². The highest BCUT2D eigenvalue weighted by atomic mass is 16.2. The molecule has 0 spiro atoms. The normalized spacial score (nSPS) is 15.4. The second-order valence-corrected chi connectivity index (χ2v) is 4.59.